The van der Waals surface area contributed by atoms with Gasteiger partial charge in [0.1, 0.15) is 11.0 Å². The van der Waals surface area contributed by atoms with Gasteiger partial charge in [0.2, 0.25) is 0 Å². The number of halogens is 4. The average Bonchev–Trinajstić information content (AvgIpc) is 2.33. The highest BCUT2D eigenvalue weighted by Gasteiger charge is 2.14. The molecule has 1 N–H and O–H groups in total. The molecule has 2 aromatic rings. The van der Waals surface area contributed by atoms with E-state index in [0.717, 1.165) is 16.8 Å². The van der Waals surface area contributed by atoms with Crippen molar-refractivity contribution in [3.05, 3.63) is 56.0 Å². The molecular formula is C14H12BrCl2FN2. The molecule has 1 aromatic carbocycles. The van der Waals surface area contributed by atoms with E-state index in [1.165, 1.54) is 12.1 Å². The molecule has 0 aliphatic carbocycles. The molecule has 0 fully saturated rings. The number of hydrogen-bond acceptors (Lipinski definition) is 2. The van der Waals surface area contributed by atoms with Gasteiger partial charge in [-0.15, -0.1) is 0 Å². The van der Waals surface area contributed by atoms with Crippen LogP contribution < -0.4 is 5.32 Å². The summed E-state index contributed by atoms with van der Waals surface area (Å²) >= 11 is 15.3. The SMILES string of the molecule is Cc1cc(Cl)nc(Cl)c1NC(C)c1ccc(F)cc1Br. The van der Waals surface area contributed by atoms with Crippen LogP contribution in [-0.4, -0.2) is 4.98 Å². The van der Waals surface area contributed by atoms with E-state index in [-0.39, 0.29) is 11.9 Å². The summed E-state index contributed by atoms with van der Waals surface area (Å²) in [5, 5.41) is 3.95. The van der Waals surface area contributed by atoms with Crippen molar-refractivity contribution in [2.75, 3.05) is 5.32 Å². The molecule has 0 saturated carbocycles. The highest BCUT2D eigenvalue weighted by atomic mass is 79.9. The Balaban J connectivity index is 2.30. The van der Waals surface area contributed by atoms with Gasteiger partial charge in [0.05, 0.1) is 5.69 Å². The number of hydrogen-bond donors (Lipinski definition) is 1. The third kappa shape index (κ3) is 3.43. The van der Waals surface area contributed by atoms with Gasteiger partial charge in [-0.05, 0) is 43.2 Å². The standard InChI is InChI=1S/C14H12BrCl2FN2/c1-7-5-12(16)20-14(17)13(7)19-8(2)10-4-3-9(18)6-11(10)15/h3-6,8,19H,1-2H3. The lowest BCUT2D eigenvalue weighted by Gasteiger charge is -2.19. The minimum Gasteiger partial charge on any atom is -0.376 e. The number of rotatable bonds is 3. The molecule has 0 radical (unpaired) electrons. The molecule has 0 aliphatic rings. The molecule has 1 unspecified atom stereocenters. The van der Waals surface area contributed by atoms with Crippen molar-refractivity contribution in [1.29, 1.82) is 0 Å². The Bertz CT molecular complexity index is 626. The molecule has 1 aromatic heterocycles. The first-order valence-corrected chi connectivity index (χ1v) is 7.47. The van der Waals surface area contributed by atoms with Gasteiger partial charge >= 0.3 is 0 Å². The lowest BCUT2D eigenvalue weighted by Crippen LogP contribution is -2.09. The van der Waals surface area contributed by atoms with E-state index in [4.69, 9.17) is 23.2 Å². The van der Waals surface area contributed by atoms with Crippen LogP contribution >= 0.6 is 39.1 Å². The summed E-state index contributed by atoms with van der Waals surface area (Å²) in [7, 11) is 0. The van der Waals surface area contributed by atoms with Gasteiger partial charge in [0, 0.05) is 10.5 Å². The van der Waals surface area contributed by atoms with Crippen LogP contribution in [0, 0.1) is 12.7 Å². The summed E-state index contributed by atoms with van der Waals surface area (Å²) in [4.78, 5) is 4.01. The lowest BCUT2D eigenvalue weighted by atomic mass is 10.1. The highest BCUT2D eigenvalue weighted by Crippen LogP contribution is 2.32. The van der Waals surface area contributed by atoms with E-state index >= 15 is 0 Å². The van der Waals surface area contributed by atoms with E-state index in [1.54, 1.807) is 12.1 Å². The van der Waals surface area contributed by atoms with Gasteiger partial charge < -0.3 is 5.32 Å². The second-order valence-corrected chi connectivity index (χ2v) is 6.06. The summed E-state index contributed by atoms with van der Waals surface area (Å²) in [6.07, 6.45) is 0. The number of pyridine rings is 1. The molecule has 1 atom stereocenters. The Morgan fingerprint density at radius 2 is 2.00 bits per heavy atom. The number of aryl methyl sites for hydroxylation is 1. The van der Waals surface area contributed by atoms with Crippen LogP contribution in [0.25, 0.3) is 0 Å². The van der Waals surface area contributed by atoms with Crippen molar-refractivity contribution in [3.63, 3.8) is 0 Å². The van der Waals surface area contributed by atoms with Gasteiger partial charge in [0.15, 0.2) is 5.15 Å². The zero-order valence-corrected chi connectivity index (χ0v) is 13.9. The van der Waals surface area contributed by atoms with Gasteiger partial charge in [0.25, 0.3) is 0 Å². The van der Waals surface area contributed by atoms with Crippen molar-refractivity contribution in [2.45, 2.75) is 19.9 Å². The quantitative estimate of drug-likeness (QED) is 0.686. The largest absolute Gasteiger partial charge is 0.376 e. The minimum atomic E-state index is -0.282. The molecule has 106 valence electrons. The molecule has 2 rings (SSSR count). The van der Waals surface area contributed by atoms with E-state index < -0.39 is 0 Å². The van der Waals surface area contributed by atoms with E-state index in [9.17, 15) is 4.39 Å². The summed E-state index contributed by atoms with van der Waals surface area (Å²) < 4.78 is 13.8. The van der Waals surface area contributed by atoms with Gasteiger partial charge in [-0.1, -0.05) is 45.2 Å². The third-order valence-electron chi connectivity index (χ3n) is 2.93. The number of nitrogens with one attached hydrogen (secondary N) is 1. The number of anilines is 1. The number of nitrogens with zero attached hydrogens (tertiary/aromatic N) is 1. The molecule has 0 bridgehead atoms. The predicted octanol–water partition coefficient (Wildman–Crippen LogP) is 5.77. The van der Waals surface area contributed by atoms with Crippen molar-refractivity contribution in [1.82, 2.24) is 4.98 Å². The molecule has 0 aliphatic heterocycles. The maximum absolute atomic E-state index is 13.1. The maximum atomic E-state index is 13.1. The second kappa shape index (κ2) is 6.29. The zero-order chi connectivity index (χ0) is 14.9. The average molecular weight is 378 g/mol. The van der Waals surface area contributed by atoms with Crippen LogP contribution in [0.5, 0.6) is 0 Å². The van der Waals surface area contributed by atoms with Crippen molar-refractivity contribution >= 4 is 44.8 Å². The van der Waals surface area contributed by atoms with E-state index in [1.807, 2.05) is 13.8 Å². The van der Waals surface area contributed by atoms with Crippen LogP contribution in [0.3, 0.4) is 0 Å². The monoisotopic (exact) mass is 376 g/mol. The Morgan fingerprint density at radius 1 is 1.30 bits per heavy atom. The number of benzene rings is 1. The molecule has 2 nitrogen and oxygen atoms in total. The molecule has 1 heterocycles. The molecule has 6 heteroatoms. The predicted molar refractivity (Wildman–Crippen MR) is 85.1 cm³/mol. The fraction of sp³-hybridized carbons (Fsp3) is 0.214. The molecule has 0 amide bonds. The summed E-state index contributed by atoms with van der Waals surface area (Å²) in [6.45, 7) is 3.86. The summed E-state index contributed by atoms with van der Waals surface area (Å²) in [6, 6.07) is 6.25. The maximum Gasteiger partial charge on any atom is 0.154 e. The topological polar surface area (TPSA) is 24.9 Å². The van der Waals surface area contributed by atoms with E-state index in [2.05, 4.69) is 26.2 Å². The molecule has 0 spiro atoms. The normalized spacial score (nSPS) is 12.3. The third-order valence-corrected chi connectivity index (χ3v) is 4.08. The lowest BCUT2D eigenvalue weighted by molar-refractivity contribution is 0.625. The molecule has 20 heavy (non-hydrogen) atoms. The first-order valence-electron chi connectivity index (χ1n) is 5.92. The van der Waals surface area contributed by atoms with Crippen molar-refractivity contribution in [2.24, 2.45) is 0 Å². The second-order valence-electron chi connectivity index (χ2n) is 4.46. The van der Waals surface area contributed by atoms with Crippen LogP contribution in [0.15, 0.2) is 28.7 Å². The molecular weight excluding hydrogens is 366 g/mol. The van der Waals surface area contributed by atoms with E-state index in [0.29, 0.717) is 14.8 Å². The van der Waals surface area contributed by atoms with Crippen LogP contribution in [0.1, 0.15) is 24.1 Å². The van der Waals surface area contributed by atoms with Crippen LogP contribution in [0.4, 0.5) is 10.1 Å². The summed E-state index contributed by atoms with van der Waals surface area (Å²) in [5.41, 5.74) is 2.55. The van der Waals surface area contributed by atoms with Crippen molar-refractivity contribution < 1.29 is 4.39 Å². The first kappa shape index (κ1) is 15.5. The van der Waals surface area contributed by atoms with Gasteiger partial charge in [-0.2, -0.15) is 0 Å². The summed E-state index contributed by atoms with van der Waals surface area (Å²) in [5.74, 6) is -0.282. The number of aromatic nitrogens is 1. The van der Waals surface area contributed by atoms with Gasteiger partial charge in [-0.25, -0.2) is 9.37 Å². The Hall–Kier alpha value is -0.840. The highest BCUT2D eigenvalue weighted by molar-refractivity contribution is 9.10. The Morgan fingerprint density at radius 3 is 2.60 bits per heavy atom. The van der Waals surface area contributed by atoms with Gasteiger partial charge in [-0.3, -0.25) is 0 Å². The Kier molecular flexibility index (Phi) is 4.89. The van der Waals surface area contributed by atoms with Crippen LogP contribution in [0.2, 0.25) is 10.3 Å². The smallest absolute Gasteiger partial charge is 0.154 e. The first-order chi connectivity index (χ1) is 9.38. The van der Waals surface area contributed by atoms with Crippen LogP contribution in [-0.2, 0) is 0 Å². The minimum absolute atomic E-state index is 0.0656. The zero-order valence-electron chi connectivity index (χ0n) is 10.8. The Labute approximate surface area is 135 Å². The van der Waals surface area contributed by atoms with Crippen molar-refractivity contribution in [3.8, 4) is 0 Å². The molecule has 0 saturated heterocycles. The fourth-order valence-corrected chi connectivity index (χ4v) is 3.20. The fourth-order valence-electron chi connectivity index (χ4n) is 1.92.